The number of benzene rings is 2. The molecular weight excluding hydrogens is 332 g/mol. The van der Waals surface area contributed by atoms with Gasteiger partial charge in [-0.15, -0.1) is 0 Å². The third-order valence-electron chi connectivity index (χ3n) is 3.52. The largest absolute Gasteiger partial charge is 0.491 e. The Morgan fingerprint density at radius 2 is 1.85 bits per heavy atom. The van der Waals surface area contributed by atoms with Crippen LogP contribution < -0.4 is 10.1 Å². The average molecular weight is 352 g/mol. The van der Waals surface area contributed by atoms with Crippen LogP contribution >= 0.6 is 0 Å². The number of anilines is 1. The molecular formula is C19H20N4O3. The highest BCUT2D eigenvalue weighted by Crippen LogP contribution is 2.10. The summed E-state index contributed by atoms with van der Waals surface area (Å²) >= 11 is 0. The van der Waals surface area contributed by atoms with Gasteiger partial charge >= 0.3 is 0 Å². The fourth-order valence-electron chi connectivity index (χ4n) is 2.29. The first-order valence-electron chi connectivity index (χ1n) is 8.26. The number of rotatable bonds is 9. The van der Waals surface area contributed by atoms with Crippen LogP contribution in [0.5, 0.6) is 5.75 Å². The first-order chi connectivity index (χ1) is 12.8. The van der Waals surface area contributed by atoms with Gasteiger partial charge in [0.25, 0.3) is 0 Å². The van der Waals surface area contributed by atoms with Crippen molar-refractivity contribution < 1.29 is 14.3 Å². The van der Waals surface area contributed by atoms with Crippen molar-refractivity contribution in [2.75, 3.05) is 25.1 Å². The summed E-state index contributed by atoms with van der Waals surface area (Å²) < 4.78 is 12.6. The van der Waals surface area contributed by atoms with Gasteiger partial charge in [0.15, 0.2) is 0 Å². The van der Waals surface area contributed by atoms with Crippen LogP contribution in [-0.2, 0) is 16.1 Å². The lowest BCUT2D eigenvalue weighted by Crippen LogP contribution is -2.20. The summed E-state index contributed by atoms with van der Waals surface area (Å²) in [6.45, 7) is 1.37. The Bertz CT molecular complexity index is 789. The monoisotopic (exact) mass is 352 g/mol. The number of amides is 1. The number of aromatic nitrogens is 3. The summed E-state index contributed by atoms with van der Waals surface area (Å²) in [4.78, 5) is 15.8. The molecule has 0 fully saturated rings. The molecule has 1 amide bonds. The molecule has 7 heteroatoms. The molecule has 1 N–H and O–H groups in total. The number of ether oxygens (including phenoxy) is 2. The number of hydrogen-bond acceptors (Lipinski definition) is 5. The molecule has 26 heavy (non-hydrogen) atoms. The summed E-state index contributed by atoms with van der Waals surface area (Å²) in [6, 6.07) is 17.1. The minimum Gasteiger partial charge on any atom is -0.491 e. The van der Waals surface area contributed by atoms with E-state index in [1.54, 1.807) is 11.0 Å². The van der Waals surface area contributed by atoms with Gasteiger partial charge < -0.3 is 14.8 Å². The van der Waals surface area contributed by atoms with Crippen molar-refractivity contribution in [3.05, 3.63) is 72.8 Å². The molecule has 2 aromatic carbocycles. The van der Waals surface area contributed by atoms with Crippen molar-refractivity contribution in [1.82, 2.24) is 14.8 Å². The molecule has 7 nitrogen and oxygen atoms in total. The SMILES string of the molecule is O=C(COCCOc1ccccc1)Nc1ccc(Cn2cncn2)cc1. The van der Waals surface area contributed by atoms with E-state index in [0.717, 1.165) is 17.0 Å². The Hall–Kier alpha value is -3.19. The molecule has 134 valence electrons. The number of carbonyl (C=O) groups excluding carboxylic acids is 1. The van der Waals surface area contributed by atoms with E-state index in [0.29, 0.717) is 19.8 Å². The van der Waals surface area contributed by atoms with E-state index in [9.17, 15) is 4.79 Å². The van der Waals surface area contributed by atoms with Crippen LogP contribution in [0.4, 0.5) is 5.69 Å². The Morgan fingerprint density at radius 3 is 2.58 bits per heavy atom. The van der Waals surface area contributed by atoms with Crippen molar-refractivity contribution in [2.24, 2.45) is 0 Å². The number of carbonyl (C=O) groups is 1. The molecule has 0 aliphatic carbocycles. The molecule has 3 aromatic rings. The fraction of sp³-hybridized carbons (Fsp3) is 0.211. The molecule has 0 saturated heterocycles. The smallest absolute Gasteiger partial charge is 0.250 e. The minimum absolute atomic E-state index is 0.0150. The molecule has 0 atom stereocenters. The summed E-state index contributed by atoms with van der Waals surface area (Å²) in [5.41, 5.74) is 1.80. The van der Waals surface area contributed by atoms with Crippen molar-refractivity contribution in [1.29, 1.82) is 0 Å². The second-order valence-corrected chi connectivity index (χ2v) is 5.55. The molecule has 1 heterocycles. The Labute approximate surface area is 151 Å². The Kier molecular flexibility index (Phi) is 6.33. The van der Waals surface area contributed by atoms with E-state index in [1.165, 1.54) is 6.33 Å². The van der Waals surface area contributed by atoms with Gasteiger partial charge in [0.1, 0.15) is 31.6 Å². The predicted molar refractivity (Wildman–Crippen MR) is 97.0 cm³/mol. The molecule has 0 aliphatic rings. The number of hydrogen-bond donors (Lipinski definition) is 1. The van der Waals surface area contributed by atoms with E-state index >= 15 is 0 Å². The highest BCUT2D eigenvalue weighted by atomic mass is 16.5. The van der Waals surface area contributed by atoms with E-state index in [4.69, 9.17) is 9.47 Å². The molecule has 0 radical (unpaired) electrons. The molecule has 0 unspecified atom stereocenters. The van der Waals surface area contributed by atoms with Crippen molar-refractivity contribution in [2.45, 2.75) is 6.54 Å². The number of nitrogens with zero attached hydrogens (tertiary/aromatic N) is 3. The van der Waals surface area contributed by atoms with Gasteiger partial charge in [0, 0.05) is 5.69 Å². The first-order valence-corrected chi connectivity index (χ1v) is 8.26. The molecule has 0 bridgehead atoms. The quantitative estimate of drug-likeness (QED) is 0.598. The van der Waals surface area contributed by atoms with E-state index in [-0.39, 0.29) is 12.5 Å². The lowest BCUT2D eigenvalue weighted by atomic mass is 10.2. The summed E-state index contributed by atoms with van der Waals surface area (Å²) in [7, 11) is 0. The van der Waals surface area contributed by atoms with E-state index < -0.39 is 0 Å². The maximum absolute atomic E-state index is 11.9. The highest BCUT2D eigenvalue weighted by molar-refractivity contribution is 5.91. The van der Waals surface area contributed by atoms with Gasteiger partial charge in [0.05, 0.1) is 13.2 Å². The minimum atomic E-state index is -0.200. The first kappa shape index (κ1) is 17.6. The van der Waals surface area contributed by atoms with Crippen LogP contribution in [0.25, 0.3) is 0 Å². The second-order valence-electron chi connectivity index (χ2n) is 5.55. The van der Waals surface area contributed by atoms with Gasteiger partial charge in [-0.2, -0.15) is 5.10 Å². The van der Waals surface area contributed by atoms with E-state index in [1.807, 2.05) is 54.6 Å². The van der Waals surface area contributed by atoms with Crippen molar-refractivity contribution >= 4 is 11.6 Å². The molecule has 3 rings (SSSR count). The molecule has 0 aliphatic heterocycles. The van der Waals surface area contributed by atoms with Crippen LogP contribution in [0.3, 0.4) is 0 Å². The van der Waals surface area contributed by atoms with Crippen LogP contribution in [0.15, 0.2) is 67.3 Å². The summed E-state index contributed by atoms with van der Waals surface area (Å²) in [6.07, 6.45) is 3.16. The highest BCUT2D eigenvalue weighted by Gasteiger charge is 2.03. The lowest BCUT2D eigenvalue weighted by Gasteiger charge is -2.08. The van der Waals surface area contributed by atoms with Gasteiger partial charge in [0.2, 0.25) is 5.91 Å². The van der Waals surface area contributed by atoms with Gasteiger partial charge in [-0.05, 0) is 29.8 Å². The van der Waals surface area contributed by atoms with Crippen molar-refractivity contribution in [3.63, 3.8) is 0 Å². The maximum Gasteiger partial charge on any atom is 0.250 e. The average Bonchev–Trinajstić information content (AvgIpc) is 3.17. The molecule has 1 aromatic heterocycles. The third-order valence-corrected chi connectivity index (χ3v) is 3.52. The Morgan fingerprint density at radius 1 is 1.04 bits per heavy atom. The van der Waals surface area contributed by atoms with E-state index in [2.05, 4.69) is 15.4 Å². The fourth-order valence-corrected chi connectivity index (χ4v) is 2.29. The summed E-state index contributed by atoms with van der Waals surface area (Å²) in [5, 5.41) is 6.86. The zero-order valence-corrected chi connectivity index (χ0v) is 14.2. The van der Waals surface area contributed by atoms with Crippen molar-refractivity contribution in [3.8, 4) is 5.75 Å². The zero-order valence-electron chi connectivity index (χ0n) is 14.2. The maximum atomic E-state index is 11.9. The zero-order chi connectivity index (χ0) is 18.0. The Balaban J connectivity index is 1.34. The molecule has 0 spiro atoms. The topological polar surface area (TPSA) is 78.3 Å². The van der Waals surface area contributed by atoms with Crippen LogP contribution in [0, 0.1) is 0 Å². The third kappa shape index (κ3) is 5.71. The van der Waals surface area contributed by atoms with Crippen LogP contribution in [0.1, 0.15) is 5.56 Å². The van der Waals surface area contributed by atoms with Gasteiger partial charge in [-0.25, -0.2) is 9.67 Å². The van der Waals surface area contributed by atoms with Crippen LogP contribution in [-0.4, -0.2) is 40.5 Å². The van der Waals surface area contributed by atoms with Gasteiger partial charge in [-0.1, -0.05) is 30.3 Å². The van der Waals surface area contributed by atoms with Gasteiger partial charge in [-0.3, -0.25) is 4.79 Å². The normalized spacial score (nSPS) is 10.5. The number of nitrogens with one attached hydrogen (secondary N) is 1. The standard InChI is InChI=1S/C19H20N4O3/c24-19(13-25-10-11-26-18-4-2-1-3-5-18)22-17-8-6-16(7-9-17)12-23-15-20-14-21-23/h1-9,14-15H,10-13H2,(H,22,24). The lowest BCUT2D eigenvalue weighted by molar-refractivity contribution is -0.120. The molecule has 0 saturated carbocycles. The summed E-state index contributed by atoms with van der Waals surface area (Å²) in [5.74, 6) is 0.584. The van der Waals surface area contributed by atoms with Crippen LogP contribution in [0.2, 0.25) is 0 Å². The predicted octanol–water partition coefficient (Wildman–Crippen LogP) is 2.36. The second kappa shape index (κ2) is 9.33. The number of para-hydroxylation sites is 1.